The van der Waals surface area contributed by atoms with Gasteiger partial charge in [-0.3, -0.25) is 4.79 Å². The first kappa shape index (κ1) is 16.6. The molecule has 4 heteroatoms. The van der Waals surface area contributed by atoms with Crippen molar-refractivity contribution >= 4 is 17.7 Å². The van der Waals surface area contributed by atoms with Crippen LogP contribution in [-0.2, 0) is 4.79 Å². The summed E-state index contributed by atoms with van der Waals surface area (Å²) in [7, 11) is 3.18. The standard InChI is InChI=1S/C19H21NO3/c1-13-5-6-14(2)17(11-13)20-19(21)10-8-15-7-9-16(22-3)12-18(15)23-4/h5-12H,1-4H3,(H,20,21). The van der Waals surface area contributed by atoms with Crippen LogP contribution < -0.4 is 14.8 Å². The molecule has 0 spiro atoms. The lowest BCUT2D eigenvalue weighted by atomic mass is 10.1. The predicted molar refractivity (Wildman–Crippen MR) is 93.1 cm³/mol. The van der Waals surface area contributed by atoms with E-state index in [-0.39, 0.29) is 5.91 Å². The molecule has 0 bridgehead atoms. The molecular formula is C19H21NO3. The summed E-state index contributed by atoms with van der Waals surface area (Å²) in [6.07, 6.45) is 3.21. The molecule has 0 aliphatic carbocycles. The van der Waals surface area contributed by atoms with Gasteiger partial charge in [0.2, 0.25) is 5.91 Å². The zero-order valence-corrected chi connectivity index (χ0v) is 13.8. The molecule has 0 radical (unpaired) electrons. The van der Waals surface area contributed by atoms with E-state index in [1.165, 1.54) is 6.08 Å². The minimum atomic E-state index is -0.184. The maximum Gasteiger partial charge on any atom is 0.248 e. The minimum absolute atomic E-state index is 0.184. The highest BCUT2D eigenvalue weighted by atomic mass is 16.5. The van der Waals surface area contributed by atoms with Gasteiger partial charge < -0.3 is 14.8 Å². The first-order valence-corrected chi connectivity index (χ1v) is 7.32. The third-order valence-corrected chi connectivity index (χ3v) is 3.51. The molecule has 2 aromatic carbocycles. The average Bonchev–Trinajstić information content (AvgIpc) is 2.56. The van der Waals surface area contributed by atoms with Gasteiger partial charge in [0.25, 0.3) is 0 Å². The normalized spacial score (nSPS) is 10.6. The first-order chi connectivity index (χ1) is 11.0. The van der Waals surface area contributed by atoms with E-state index in [0.29, 0.717) is 11.5 Å². The van der Waals surface area contributed by atoms with Gasteiger partial charge in [-0.1, -0.05) is 12.1 Å². The molecule has 4 nitrogen and oxygen atoms in total. The molecule has 0 saturated heterocycles. The molecule has 1 amide bonds. The maximum absolute atomic E-state index is 12.1. The maximum atomic E-state index is 12.1. The molecule has 0 atom stereocenters. The average molecular weight is 311 g/mol. The third kappa shape index (κ3) is 4.36. The van der Waals surface area contributed by atoms with Crippen LogP contribution in [0.2, 0.25) is 0 Å². The Balaban J connectivity index is 2.13. The summed E-state index contributed by atoms with van der Waals surface area (Å²) in [4.78, 5) is 12.1. The Morgan fingerprint density at radius 1 is 1.04 bits per heavy atom. The molecule has 0 heterocycles. The fourth-order valence-electron chi connectivity index (χ4n) is 2.17. The monoisotopic (exact) mass is 311 g/mol. The van der Waals surface area contributed by atoms with Crippen LogP contribution in [0.4, 0.5) is 5.69 Å². The smallest absolute Gasteiger partial charge is 0.248 e. The van der Waals surface area contributed by atoms with Gasteiger partial charge in [0.05, 0.1) is 14.2 Å². The first-order valence-electron chi connectivity index (χ1n) is 7.32. The Bertz CT molecular complexity index is 735. The van der Waals surface area contributed by atoms with Gasteiger partial charge in [-0.2, -0.15) is 0 Å². The Labute approximate surface area is 136 Å². The van der Waals surface area contributed by atoms with Gasteiger partial charge in [-0.05, 0) is 49.2 Å². The van der Waals surface area contributed by atoms with Crippen molar-refractivity contribution in [1.29, 1.82) is 0 Å². The van der Waals surface area contributed by atoms with E-state index in [1.54, 1.807) is 26.4 Å². The number of anilines is 1. The summed E-state index contributed by atoms with van der Waals surface area (Å²) < 4.78 is 10.5. The number of carbonyl (C=O) groups is 1. The second-order valence-electron chi connectivity index (χ2n) is 5.25. The van der Waals surface area contributed by atoms with Gasteiger partial charge in [0.15, 0.2) is 0 Å². The van der Waals surface area contributed by atoms with E-state index >= 15 is 0 Å². The van der Waals surface area contributed by atoms with Crippen LogP contribution in [-0.4, -0.2) is 20.1 Å². The van der Waals surface area contributed by atoms with E-state index in [0.717, 1.165) is 22.4 Å². The molecule has 0 fully saturated rings. The van der Waals surface area contributed by atoms with E-state index in [4.69, 9.17) is 9.47 Å². The summed E-state index contributed by atoms with van der Waals surface area (Å²) in [6.45, 7) is 3.96. The van der Waals surface area contributed by atoms with Crippen molar-refractivity contribution in [3.8, 4) is 11.5 Å². The highest BCUT2D eigenvalue weighted by molar-refractivity contribution is 6.02. The second kappa shape index (κ2) is 7.49. The lowest BCUT2D eigenvalue weighted by Gasteiger charge is -2.08. The molecule has 0 aliphatic rings. The summed E-state index contributed by atoms with van der Waals surface area (Å²) in [5, 5.41) is 2.89. The fourth-order valence-corrected chi connectivity index (χ4v) is 2.17. The molecule has 0 aliphatic heterocycles. The second-order valence-corrected chi connectivity index (χ2v) is 5.25. The SMILES string of the molecule is COc1ccc(C=CC(=O)Nc2cc(C)ccc2C)c(OC)c1. The Hall–Kier alpha value is -2.75. The molecule has 0 saturated carbocycles. The number of methoxy groups -OCH3 is 2. The zero-order valence-electron chi connectivity index (χ0n) is 13.8. The molecule has 0 aromatic heterocycles. The summed E-state index contributed by atoms with van der Waals surface area (Å²) in [6, 6.07) is 11.4. The largest absolute Gasteiger partial charge is 0.497 e. The molecule has 1 N–H and O–H groups in total. The molecule has 23 heavy (non-hydrogen) atoms. The summed E-state index contributed by atoms with van der Waals surface area (Å²) in [5.41, 5.74) is 3.76. The number of benzene rings is 2. The van der Waals surface area contributed by atoms with Gasteiger partial charge in [0, 0.05) is 23.4 Å². The van der Waals surface area contributed by atoms with Crippen LogP contribution in [0.1, 0.15) is 16.7 Å². The predicted octanol–water partition coefficient (Wildman–Crippen LogP) is 3.97. The molecule has 120 valence electrons. The van der Waals surface area contributed by atoms with Crippen LogP contribution in [0.25, 0.3) is 6.08 Å². The summed E-state index contributed by atoms with van der Waals surface area (Å²) in [5.74, 6) is 1.18. The van der Waals surface area contributed by atoms with Crippen molar-refractivity contribution in [2.45, 2.75) is 13.8 Å². The molecule has 2 aromatic rings. The quantitative estimate of drug-likeness (QED) is 0.850. The van der Waals surface area contributed by atoms with Crippen molar-refractivity contribution in [1.82, 2.24) is 0 Å². The number of ether oxygens (including phenoxy) is 2. The third-order valence-electron chi connectivity index (χ3n) is 3.51. The lowest BCUT2D eigenvalue weighted by Crippen LogP contribution is -2.09. The zero-order chi connectivity index (χ0) is 16.8. The van der Waals surface area contributed by atoms with Crippen LogP contribution >= 0.6 is 0 Å². The van der Waals surface area contributed by atoms with Crippen LogP contribution in [0.3, 0.4) is 0 Å². The molecule has 0 unspecified atom stereocenters. The van der Waals surface area contributed by atoms with E-state index in [1.807, 2.05) is 44.2 Å². The number of hydrogen-bond acceptors (Lipinski definition) is 3. The number of nitrogens with one attached hydrogen (secondary N) is 1. The minimum Gasteiger partial charge on any atom is -0.497 e. The topological polar surface area (TPSA) is 47.6 Å². The van der Waals surface area contributed by atoms with E-state index in [2.05, 4.69) is 5.32 Å². The van der Waals surface area contributed by atoms with Crippen molar-refractivity contribution < 1.29 is 14.3 Å². The van der Waals surface area contributed by atoms with Gasteiger partial charge >= 0.3 is 0 Å². The fraction of sp³-hybridized carbons (Fsp3) is 0.211. The van der Waals surface area contributed by atoms with Crippen LogP contribution in [0, 0.1) is 13.8 Å². The highest BCUT2D eigenvalue weighted by Gasteiger charge is 2.05. The number of aryl methyl sites for hydroxylation is 2. The molecular weight excluding hydrogens is 290 g/mol. The van der Waals surface area contributed by atoms with Crippen molar-refractivity contribution in [2.24, 2.45) is 0 Å². The Morgan fingerprint density at radius 3 is 2.52 bits per heavy atom. The van der Waals surface area contributed by atoms with E-state index < -0.39 is 0 Å². The molecule has 2 rings (SSSR count). The van der Waals surface area contributed by atoms with Gasteiger partial charge in [-0.25, -0.2) is 0 Å². The van der Waals surface area contributed by atoms with Gasteiger partial charge in [0.1, 0.15) is 11.5 Å². The number of hydrogen-bond donors (Lipinski definition) is 1. The number of rotatable bonds is 5. The number of amides is 1. The summed E-state index contributed by atoms with van der Waals surface area (Å²) >= 11 is 0. The van der Waals surface area contributed by atoms with Crippen molar-refractivity contribution in [2.75, 3.05) is 19.5 Å². The van der Waals surface area contributed by atoms with E-state index in [9.17, 15) is 4.79 Å². The lowest BCUT2D eigenvalue weighted by molar-refractivity contribution is -0.111. The van der Waals surface area contributed by atoms with Gasteiger partial charge in [-0.15, -0.1) is 0 Å². The Morgan fingerprint density at radius 2 is 1.83 bits per heavy atom. The highest BCUT2D eigenvalue weighted by Crippen LogP contribution is 2.25. The van der Waals surface area contributed by atoms with Crippen molar-refractivity contribution in [3.63, 3.8) is 0 Å². The van der Waals surface area contributed by atoms with Crippen LogP contribution in [0.15, 0.2) is 42.5 Å². The van der Waals surface area contributed by atoms with Crippen LogP contribution in [0.5, 0.6) is 11.5 Å². The number of carbonyl (C=O) groups excluding carboxylic acids is 1. The Kier molecular flexibility index (Phi) is 5.41. The van der Waals surface area contributed by atoms with Crippen molar-refractivity contribution in [3.05, 3.63) is 59.2 Å².